The van der Waals surface area contributed by atoms with Gasteiger partial charge in [0.25, 0.3) is 0 Å². The number of likely N-dealkylation sites (N-methyl/N-ethyl adjacent to an activating group) is 1. The first-order chi connectivity index (χ1) is 12.5. The van der Waals surface area contributed by atoms with E-state index in [1.807, 2.05) is 13.0 Å². The minimum Gasteiger partial charge on any atom is -0.357 e. The van der Waals surface area contributed by atoms with Gasteiger partial charge >= 0.3 is 0 Å². The van der Waals surface area contributed by atoms with Gasteiger partial charge in [-0.05, 0) is 37.5 Å². The van der Waals surface area contributed by atoms with Crippen molar-refractivity contribution in [2.45, 2.75) is 44.4 Å². The number of carbonyl (C=O) groups is 1. The summed E-state index contributed by atoms with van der Waals surface area (Å²) in [5, 5.41) is 6.58. The number of nitrogens with one attached hydrogen (secondary N) is 2. The molecule has 1 aliphatic carbocycles. The maximum absolute atomic E-state index is 13.8. The van der Waals surface area contributed by atoms with Crippen molar-refractivity contribution in [1.82, 2.24) is 15.5 Å². The van der Waals surface area contributed by atoms with Crippen molar-refractivity contribution in [3.8, 4) is 0 Å². The molecule has 0 spiro atoms. The van der Waals surface area contributed by atoms with Crippen LogP contribution in [0, 0.1) is 5.82 Å². The van der Waals surface area contributed by atoms with Gasteiger partial charge in [-0.3, -0.25) is 4.79 Å². The molecule has 0 heterocycles. The third-order valence-electron chi connectivity index (χ3n) is 5.06. The van der Waals surface area contributed by atoms with Gasteiger partial charge in [-0.1, -0.05) is 31.4 Å². The lowest BCUT2D eigenvalue weighted by Gasteiger charge is -2.38. The molecule has 5 nitrogen and oxygen atoms in total. The smallest absolute Gasteiger partial charge is 0.243 e. The number of aliphatic imine (C=N–C) groups is 1. The molecule has 1 fully saturated rings. The Labute approximate surface area is 156 Å². The summed E-state index contributed by atoms with van der Waals surface area (Å²) in [6.07, 6.45) is 5.57. The standard InChI is InChI=1S/C20H31FN4O/c1-4-22-19(23-14-18(26)25(2)3)24-15-20(11-6-5-7-12-20)16-9-8-10-17(21)13-16/h8-10,13H,4-7,11-12,14-15H2,1-3H3,(H2,22,23,24). The molecule has 0 aliphatic heterocycles. The van der Waals surface area contributed by atoms with Crippen LogP contribution in [0.25, 0.3) is 0 Å². The van der Waals surface area contributed by atoms with Crippen LogP contribution in [0.2, 0.25) is 0 Å². The van der Waals surface area contributed by atoms with Crippen LogP contribution in [0.3, 0.4) is 0 Å². The van der Waals surface area contributed by atoms with Gasteiger partial charge in [-0.15, -0.1) is 0 Å². The highest BCUT2D eigenvalue weighted by Crippen LogP contribution is 2.39. The van der Waals surface area contributed by atoms with Crippen LogP contribution < -0.4 is 10.6 Å². The fourth-order valence-electron chi connectivity index (χ4n) is 3.50. The molecular formula is C20H31FN4O. The predicted molar refractivity (Wildman–Crippen MR) is 104 cm³/mol. The van der Waals surface area contributed by atoms with E-state index in [2.05, 4.69) is 15.6 Å². The molecular weight excluding hydrogens is 331 g/mol. The van der Waals surface area contributed by atoms with Crippen LogP contribution in [0.5, 0.6) is 0 Å². The highest BCUT2D eigenvalue weighted by atomic mass is 19.1. The molecule has 2 N–H and O–H groups in total. The summed E-state index contributed by atoms with van der Waals surface area (Å²) in [4.78, 5) is 17.7. The minimum absolute atomic E-state index is 0.0419. The monoisotopic (exact) mass is 362 g/mol. The second kappa shape index (κ2) is 9.55. The molecule has 0 aromatic heterocycles. The lowest BCUT2D eigenvalue weighted by Crippen LogP contribution is -2.47. The van der Waals surface area contributed by atoms with Crippen LogP contribution >= 0.6 is 0 Å². The number of hydrogen-bond donors (Lipinski definition) is 2. The summed E-state index contributed by atoms with van der Waals surface area (Å²) in [6.45, 7) is 3.50. The van der Waals surface area contributed by atoms with Crippen molar-refractivity contribution in [3.63, 3.8) is 0 Å². The lowest BCUT2D eigenvalue weighted by atomic mass is 9.69. The summed E-state index contributed by atoms with van der Waals surface area (Å²) in [7, 11) is 3.44. The molecule has 2 rings (SSSR count). The van der Waals surface area contributed by atoms with E-state index in [0.717, 1.165) is 37.8 Å². The maximum Gasteiger partial charge on any atom is 0.243 e. The predicted octanol–water partition coefficient (Wildman–Crippen LogP) is 2.67. The van der Waals surface area contributed by atoms with Crippen LogP contribution in [0.15, 0.2) is 29.3 Å². The quantitative estimate of drug-likeness (QED) is 0.604. The number of benzene rings is 1. The van der Waals surface area contributed by atoms with Crippen LogP contribution in [0.4, 0.5) is 4.39 Å². The Morgan fingerprint density at radius 3 is 2.58 bits per heavy atom. The van der Waals surface area contributed by atoms with Gasteiger partial charge < -0.3 is 15.5 Å². The fraction of sp³-hybridized carbons (Fsp3) is 0.600. The second-order valence-corrected chi connectivity index (χ2v) is 7.19. The van der Waals surface area contributed by atoms with Crippen LogP contribution in [-0.4, -0.2) is 50.5 Å². The number of rotatable bonds is 6. The number of guanidine groups is 1. The molecule has 6 heteroatoms. The number of carbonyl (C=O) groups excluding carboxylic acids is 1. The van der Waals surface area contributed by atoms with Gasteiger partial charge in [-0.25, -0.2) is 9.38 Å². The topological polar surface area (TPSA) is 56.7 Å². The molecule has 1 aromatic rings. The van der Waals surface area contributed by atoms with Gasteiger partial charge in [0, 0.05) is 32.6 Å². The third-order valence-corrected chi connectivity index (χ3v) is 5.06. The molecule has 0 saturated heterocycles. The highest BCUT2D eigenvalue weighted by molar-refractivity contribution is 5.84. The Bertz CT molecular complexity index is 624. The molecule has 0 atom stereocenters. The van der Waals surface area contributed by atoms with Crippen molar-refractivity contribution in [2.24, 2.45) is 4.99 Å². The first-order valence-electron chi connectivity index (χ1n) is 9.45. The van der Waals surface area contributed by atoms with Gasteiger partial charge in [0.1, 0.15) is 12.4 Å². The Morgan fingerprint density at radius 1 is 1.23 bits per heavy atom. The zero-order chi connectivity index (χ0) is 19.0. The normalized spacial score (nSPS) is 16.8. The maximum atomic E-state index is 13.8. The molecule has 1 amide bonds. The Hall–Kier alpha value is -2.11. The van der Waals surface area contributed by atoms with E-state index in [1.54, 1.807) is 26.2 Å². The molecule has 0 unspecified atom stereocenters. The summed E-state index contributed by atoms with van der Waals surface area (Å²) >= 11 is 0. The Morgan fingerprint density at radius 2 is 1.96 bits per heavy atom. The molecule has 1 aromatic carbocycles. The molecule has 1 saturated carbocycles. The van der Waals surface area contributed by atoms with Crippen LogP contribution in [-0.2, 0) is 10.2 Å². The van der Waals surface area contributed by atoms with Gasteiger partial charge in [-0.2, -0.15) is 0 Å². The Kier molecular flexibility index (Phi) is 7.42. The third kappa shape index (κ3) is 5.44. The number of halogens is 1. The lowest BCUT2D eigenvalue weighted by molar-refractivity contribution is -0.127. The highest BCUT2D eigenvalue weighted by Gasteiger charge is 2.34. The molecule has 0 bridgehead atoms. The van der Waals surface area contributed by atoms with Crippen molar-refractivity contribution >= 4 is 11.9 Å². The average molecular weight is 362 g/mol. The largest absolute Gasteiger partial charge is 0.357 e. The molecule has 26 heavy (non-hydrogen) atoms. The van der Waals surface area contributed by atoms with E-state index in [1.165, 1.54) is 17.4 Å². The summed E-state index contributed by atoms with van der Waals surface area (Å²) < 4.78 is 13.8. The first-order valence-corrected chi connectivity index (χ1v) is 9.45. The van der Waals surface area contributed by atoms with Gasteiger partial charge in [0.15, 0.2) is 5.96 Å². The molecule has 144 valence electrons. The summed E-state index contributed by atoms with van der Waals surface area (Å²) in [5.74, 6) is 0.397. The van der Waals surface area contributed by atoms with E-state index in [4.69, 9.17) is 0 Å². The average Bonchev–Trinajstić information content (AvgIpc) is 2.64. The molecule has 1 aliphatic rings. The fourth-order valence-corrected chi connectivity index (χ4v) is 3.50. The number of amides is 1. The van der Waals surface area contributed by atoms with Gasteiger partial charge in [0.2, 0.25) is 5.91 Å². The van der Waals surface area contributed by atoms with Gasteiger partial charge in [0.05, 0.1) is 0 Å². The summed E-state index contributed by atoms with van der Waals surface area (Å²) in [6, 6.07) is 6.96. The Balaban J connectivity index is 2.14. The first kappa shape index (κ1) is 20.2. The van der Waals surface area contributed by atoms with E-state index in [0.29, 0.717) is 12.5 Å². The minimum atomic E-state index is -0.190. The summed E-state index contributed by atoms with van der Waals surface area (Å²) in [5.41, 5.74) is 0.951. The number of hydrogen-bond acceptors (Lipinski definition) is 2. The van der Waals surface area contributed by atoms with E-state index >= 15 is 0 Å². The van der Waals surface area contributed by atoms with E-state index < -0.39 is 0 Å². The van der Waals surface area contributed by atoms with Crippen molar-refractivity contribution in [2.75, 3.05) is 33.7 Å². The van der Waals surface area contributed by atoms with Crippen molar-refractivity contribution in [3.05, 3.63) is 35.6 Å². The van der Waals surface area contributed by atoms with Crippen molar-refractivity contribution < 1.29 is 9.18 Å². The SMILES string of the molecule is CCNC(=NCC(=O)N(C)C)NCC1(c2cccc(F)c2)CCCCC1. The van der Waals surface area contributed by atoms with Crippen molar-refractivity contribution in [1.29, 1.82) is 0 Å². The molecule has 0 radical (unpaired) electrons. The van der Waals surface area contributed by atoms with E-state index in [9.17, 15) is 9.18 Å². The zero-order valence-corrected chi connectivity index (χ0v) is 16.1. The van der Waals surface area contributed by atoms with E-state index in [-0.39, 0.29) is 23.7 Å². The zero-order valence-electron chi connectivity index (χ0n) is 16.1. The number of nitrogens with zero attached hydrogens (tertiary/aromatic N) is 2. The second-order valence-electron chi connectivity index (χ2n) is 7.19. The van der Waals surface area contributed by atoms with Crippen LogP contribution in [0.1, 0.15) is 44.6 Å².